The third-order valence-electron chi connectivity index (χ3n) is 3.24. The largest absolute Gasteiger partial charge is 0.283 e. The maximum absolute atomic E-state index is 12.2. The summed E-state index contributed by atoms with van der Waals surface area (Å²) in [6, 6.07) is 14.7. The number of benzene rings is 2. The summed E-state index contributed by atoms with van der Waals surface area (Å²) in [6.07, 6.45) is 3.66. The molecule has 1 heterocycles. The lowest BCUT2D eigenvalue weighted by atomic mass is 10.2. The summed E-state index contributed by atoms with van der Waals surface area (Å²) < 4.78 is 26.9. The first-order valence-corrected chi connectivity index (χ1v) is 8.53. The van der Waals surface area contributed by atoms with Crippen LogP contribution in [0.4, 0.5) is 5.69 Å². The molecule has 112 valence electrons. The number of nitrogens with one attached hydrogen (secondary N) is 1. The molecule has 0 bridgehead atoms. The van der Waals surface area contributed by atoms with Gasteiger partial charge >= 0.3 is 0 Å². The van der Waals surface area contributed by atoms with Crippen LogP contribution >= 0.6 is 0 Å². The highest BCUT2D eigenvalue weighted by atomic mass is 32.2. The van der Waals surface area contributed by atoms with Crippen LogP contribution in [0.5, 0.6) is 0 Å². The standard InChI is InChI=1S/C16H15N3O2S/c20-22(21,11-8-13-4-2-1-3-5-13)19-14-6-7-15-16(12-14)18-10-9-17-15/h1-7,9-10,12,19H,8,11H2. The van der Waals surface area contributed by atoms with E-state index in [2.05, 4.69) is 14.7 Å². The van der Waals surface area contributed by atoms with Crippen molar-refractivity contribution in [3.8, 4) is 0 Å². The Bertz CT molecular complexity index is 880. The quantitative estimate of drug-likeness (QED) is 0.786. The summed E-state index contributed by atoms with van der Waals surface area (Å²) in [5, 5.41) is 0. The molecule has 0 fully saturated rings. The lowest BCUT2D eigenvalue weighted by Crippen LogP contribution is -2.18. The molecular formula is C16H15N3O2S. The van der Waals surface area contributed by atoms with Gasteiger partial charge in [0.2, 0.25) is 10.0 Å². The fourth-order valence-electron chi connectivity index (χ4n) is 2.15. The van der Waals surface area contributed by atoms with Crippen molar-refractivity contribution < 1.29 is 8.42 Å². The molecule has 0 saturated carbocycles. The molecule has 0 atom stereocenters. The minimum atomic E-state index is -3.40. The predicted molar refractivity (Wildman–Crippen MR) is 87.1 cm³/mol. The van der Waals surface area contributed by atoms with Gasteiger partial charge < -0.3 is 0 Å². The molecule has 0 aliphatic rings. The average Bonchev–Trinajstić information content (AvgIpc) is 2.54. The second-order valence-corrected chi connectivity index (χ2v) is 6.76. The van der Waals surface area contributed by atoms with Crippen LogP contribution in [0.3, 0.4) is 0 Å². The van der Waals surface area contributed by atoms with Gasteiger partial charge in [0.25, 0.3) is 0 Å². The van der Waals surface area contributed by atoms with Crippen molar-refractivity contribution in [3.05, 3.63) is 66.5 Å². The van der Waals surface area contributed by atoms with Gasteiger partial charge in [-0.15, -0.1) is 0 Å². The minimum Gasteiger partial charge on any atom is -0.283 e. The van der Waals surface area contributed by atoms with E-state index in [4.69, 9.17) is 0 Å². The van der Waals surface area contributed by atoms with E-state index in [-0.39, 0.29) is 5.75 Å². The van der Waals surface area contributed by atoms with E-state index < -0.39 is 10.0 Å². The van der Waals surface area contributed by atoms with Gasteiger partial charge in [-0.3, -0.25) is 14.7 Å². The Morgan fingerprint density at radius 2 is 1.64 bits per heavy atom. The van der Waals surface area contributed by atoms with Crippen LogP contribution in [0.15, 0.2) is 60.9 Å². The second-order valence-electron chi connectivity index (χ2n) is 4.92. The molecule has 3 aromatic rings. The molecule has 5 nitrogen and oxygen atoms in total. The monoisotopic (exact) mass is 313 g/mol. The van der Waals surface area contributed by atoms with E-state index in [1.54, 1.807) is 30.6 Å². The SMILES string of the molecule is O=S(=O)(CCc1ccccc1)Nc1ccc2nccnc2c1. The normalized spacial score (nSPS) is 11.5. The molecule has 0 unspecified atom stereocenters. The molecule has 0 aliphatic heterocycles. The number of aromatic nitrogens is 2. The lowest BCUT2D eigenvalue weighted by Gasteiger charge is -2.08. The molecule has 2 aromatic carbocycles. The first-order valence-electron chi connectivity index (χ1n) is 6.88. The Morgan fingerprint density at radius 1 is 0.909 bits per heavy atom. The van der Waals surface area contributed by atoms with Gasteiger partial charge in [0, 0.05) is 12.4 Å². The molecule has 0 saturated heterocycles. The van der Waals surface area contributed by atoms with E-state index in [1.165, 1.54) is 0 Å². The maximum atomic E-state index is 12.2. The smallest absolute Gasteiger partial charge is 0.233 e. The molecule has 3 rings (SSSR count). The van der Waals surface area contributed by atoms with Crippen LogP contribution in [0.1, 0.15) is 5.56 Å². The number of anilines is 1. The highest BCUT2D eigenvalue weighted by Crippen LogP contribution is 2.16. The lowest BCUT2D eigenvalue weighted by molar-refractivity contribution is 0.600. The third kappa shape index (κ3) is 3.59. The summed E-state index contributed by atoms with van der Waals surface area (Å²) in [6.45, 7) is 0. The van der Waals surface area contributed by atoms with Crippen molar-refractivity contribution in [1.29, 1.82) is 0 Å². The minimum absolute atomic E-state index is 0.0372. The number of hydrogen-bond donors (Lipinski definition) is 1. The Morgan fingerprint density at radius 3 is 2.41 bits per heavy atom. The van der Waals surface area contributed by atoms with Crippen LogP contribution in [-0.2, 0) is 16.4 Å². The Kier molecular flexibility index (Phi) is 4.02. The van der Waals surface area contributed by atoms with Crippen molar-refractivity contribution in [2.24, 2.45) is 0 Å². The van der Waals surface area contributed by atoms with Gasteiger partial charge in [0.15, 0.2) is 0 Å². The van der Waals surface area contributed by atoms with Crippen molar-refractivity contribution in [2.75, 3.05) is 10.5 Å². The van der Waals surface area contributed by atoms with Crippen LogP contribution in [-0.4, -0.2) is 24.1 Å². The highest BCUT2D eigenvalue weighted by molar-refractivity contribution is 7.92. The summed E-state index contributed by atoms with van der Waals surface area (Å²) in [5.74, 6) is 0.0372. The Hall–Kier alpha value is -2.47. The average molecular weight is 313 g/mol. The number of nitrogens with zero attached hydrogens (tertiary/aromatic N) is 2. The van der Waals surface area contributed by atoms with Gasteiger partial charge in [-0.25, -0.2) is 8.42 Å². The van der Waals surface area contributed by atoms with Crippen molar-refractivity contribution >= 4 is 26.7 Å². The molecular weight excluding hydrogens is 298 g/mol. The number of aryl methyl sites for hydroxylation is 1. The van der Waals surface area contributed by atoms with Gasteiger partial charge in [0.1, 0.15) is 0 Å². The fourth-order valence-corrected chi connectivity index (χ4v) is 3.25. The number of fused-ring (bicyclic) bond motifs is 1. The van der Waals surface area contributed by atoms with Crippen molar-refractivity contribution in [3.63, 3.8) is 0 Å². The first kappa shape index (κ1) is 14.5. The Labute approximate surface area is 129 Å². The van der Waals surface area contributed by atoms with Gasteiger partial charge in [-0.05, 0) is 30.2 Å². The number of rotatable bonds is 5. The van der Waals surface area contributed by atoms with Gasteiger partial charge in [-0.2, -0.15) is 0 Å². The zero-order chi connectivity index (χ0) is 15.4. The first-order chi connectivity index (χ1) is 10.6. The molecule has 0 aliphatic carbocycles. The third-order valence-corrected chi connectivity index (χ3v) is 4.53. The van der Waals surface area contributed by atoms with Crippen LogP contribution in [0.25, 0.3) is 11.0 Å². The number of hydrogen-bond acceptors (Lipinski definition) is 4. The van der Waals surface area contributed by atoms with E-state index in [1.807, 2.05) is 30.3 Å². The molecule has 6 heteroatoms. The molecule has 0 spiro atoms. The molecule has 0 amide bonds. The highest BCUT2D eigenvalue weighted by Gasteiger charge is 2.11. The summed E-state index contributed by atoms with van der Waals surface area (Å²) in [7, 11) is -3.40. The van der Waals surface area contributed by atoms with E-state index in [0.717, 1.165) is 11.1 Å². The predicted octanol–water partition coefficient (Wildman–Crippen LogP) is 2.61. The van der Waals surface area contributed by atoms with E-state index >= 15 is 0 Å². The van der Waals surface area contributed by atoms with Crippen molar-refractivity contribution in [2.45, 2.75) is 6.42 Å². The van der Waals surface area contributed by atoms with E-state index in [9.17, 15) is 8.42 Å². The molecule has 1 N–H and O–H groups in total. The summed E-state index contributed by atoms with van der Waals surface area (Å²) >= 11 is 0. The van der Waals surface area contributed by atoms with Crippen LogP contribution < -0.4 is 4.72 Å². The summed E-state index contributed by atoms with van der Waals surface area (Å²) in [5.41, 5.74) is 2.89. The zero-order valence-corrected chi connectivity index (χ0v) is 12.6. The van der Waals surface area contributed by atoms with Crippen LogP contribution in [0, 0.1) is 0 Å². The summed E-state index contributed by atoms with van der Waals surface area (Å²) in [4.78, 5) is 8.32. The number of sulfonamides is 1. The zero-order valence-electron chi connectivity index (χ0n) is 11.8. The molecule has 22 heavy (non-hydrogen) atoms. The second kappa shape index (κ2) is 6.11. The van der Waals surface area contributed by atoms with Gasteiger partial charge in [-0.1, -0.05) is 30.3 Å². The Balaban J connectivity index is 1.72. The van der Waals surface area contributed by atoms with Crippen LogP contribution in [0.2, 0.25) is 0 Å². The van der Waals surface area contributed by atoms with E-state index in [0.29, 0.717) is 17.6 Å². The van der Waals surface area contributed by atoms with Crippen molar-refractivity contribution in [1.82, 2.24) is 9.97 Å². The fraction of sp³-hybridized carbons (Fsp3) is 0.125. The van der Waals surface area contributed by atoms with Gasteiger partial charge in [0.05, 0.1) is 22.5 Å². The topological polar surface area (TPSA) is 72.0 Å². The molecule has 1 aromatic heterocycles. The molecule has 0 radical (unpaired) electrons. The maximum Gasteiger partial charge on any atom is 0.233 e.